The van der Waals surface area contributed by atoms with Gasteiger partial charge in [0.25, 0.3) is 5.91 Å². The molecule has 41 heavy (non-hydrogen) atoms. The molecule has 7 nitrogen and oxygen atoms in total. The number of hydrogen-bond acceptors (Lipinski definition) is 4. The van der Waals surface area contributed by atoms with E-state index in [1.807, 2.05) is 18.2 Å². The van der Waals surface area contributed by atoms with E-state index < -0.39 is 11.9 Å². The van der Waals surface area contributed by atoms with Crippen molar-refractivity contribution >= 4 is 33.7 Å². The molecular formula is C32H22F2N4O3. The molecule has 0 radical (unpaired) electrons. The van der Waals surface area contributed by atoms with E-state index in [1.165, 1.54) is 28.9 Å². The van der Waals surface area contributed by atoms with Gasteiger partial charge in [-0.1, -0.05) is 65.9 Å². The topological polar surface area (TPSA) is 97.1 Å². The number of hydrogen-bond donors (Lipinski definition) is 2. The number of rotatable bonds is 7. The van der Waals surface area contributed by atoms with Crippen LogP contribution in [-0.2, 0) is 13.1 Å². The minimum atomic E-state index is -1.04. The molecule has 6 aromatic rings. The predicted molar refractivity (Wildman–Crippen MR) is 151 cm³/mol. The summed E-state index contributed by atoms with van der Waals surface area (Å²) in [6.45, 7) is 0.182. The highest BCUT2D eigenvalue weighted by Gasteiger charge is 2.20. The Morgan fingerprint density at radius 1 is 0.854 bits per heavy atom. The van der Waals surface area contributed by atoms with Crippen molar-refractivity contribution < 1.29 is 23.5 Å². The fraction of sp³-hybridized carbons (Fsp3) is 0.0625. The van der Waals surface area contributed by atoms with Crippen molar-refractivity contribution in [2.75, 3.05) is 0 Å². The van der Waals surface area contributed by atoms with E-state index in [0.29, 0.717) is 38.7 Å². The monoisotopic (exact) mass is 548 g/mol. The number of carbonyl (C=O) groups excluding carboxylic acids is 1. The predicted octanol–water partition coefficient (Wildman–Crippen LogP) is 6.21. The number of aromatic nitrogens is 3. The normalized spacial score (nSPS) is 11.2. The fourth-order valence-electron chi connectivity index (χ4n) is 4.81. The lowest BCUT2D eigenvalue weighted by Gasteiger charge is -2.12. The Balaban J connectivity index is 1.39. The molecule has 0 saturated heterocycles. The van der Waals surface area contributed by atoms with Crippen LogP contribution in [0.5, 0.6) is 0 Å². The van der Waals surface area contributed by atoms with Gasteiger partial charge in [-0.05, 0) is 58.5 Å². The number of nitrogens with one attached hydrogen (secondary N) is 1. The van der Waals surface area contributed by atoms with Crippen LogP contribution in [0, 0.1) is 11.6 Å². The van der Waals surface area contributed by atoms with Gasteiger partial charge in [0.05, 0.1) is 17.7 Å². The second-order valence-electron chi connectivity index (χ2n) is 9.59. The summed E-state index contributed by atoms with van der Waals surface area (Å²) in [5, 5.41) is 21.8. The number of nitrogens with zero attached hydrogens (tertiary/aromatic N) is 3. The maximum atomic E-state index is 15.4. The van der Waals surface area contributed by atoms with Crippen molar-refractivity contribution in [3.8, 4) is 11.1 Å². The highest BCUT2D eigenvalue weighted by Crippen LogP contribution is 2.29. The lowest BCUT2D eigenvalue weighted by Crippen LogP contribution is -2.24. The highest BCUT2D eigenvalue weighted by molar-refractivity contribution is 6.06. The number of halogens is 2. The van der Waals surface area contributed by atoms with E-state index in [9.17, 15) is 14.0 Å². The van der Waals surface area contributed by atoms with Gasteiger partial charge in [-0.25, -0.2) is 18.3 Å². The molecule has 0 atom stereocenters. The molecule has 2 N–H and O–H groups in total. The Bertz CT molecular complexity index is 1930. The van der Waals surface area contributed by atoms with Crippen molar-refractivity contribution in [2.24, 2.45) is 0 Å². The molecule has 0 fully saturated rings. The van der Waals surface area contributed by atoms with Crippen LogP contribution in [0.15, 0.2) is 97.1 Å². The second-order valence-corrected chi connectivity index (χ2v) is 9.59. The standard InChI is InChI=1S/C32H22F2N4O3/c33-25-13-11-20(12-14-25)24-15-27(31(39)35-17-19-5-7-22(8-6-19)32(40)41)30-28(16-24)36-37-38(30)18-23-10-9-21-3-1-2-4-26(21)29(23)34/h1-16H,17-18H2,(H,35,39)(H,40,41). The first-order valence-corrected chi connectivity index (χ1v) is 12.8. The summed E-state index contributed by atoms with van der Waals surface area (Å²) in [5.74, 6) is -2.22. The van der Waals surface area contributed by atoms with Crippen LogP contribution in [0.3, 0.4) is 0 Å². The largest absolute Gasteiger partial charge is 0.478 e. The molecule has 1 aromatic heterocycles. The first-order valence-electron chi connectivity index (χ1n) is 12.8. The fourth-order valence-corrected chi connectivity index (χ4v) is 4.81. The van der Waals surface area contributed by atoms with Gasteiger partial charge in [-0.2, -0.15) is 0 Å². The Morgan fingerprint density at radius 2 is 1.61 bits per heavy atom. The number of carbonyl (C=O) groups is 2. The molecule has 202 valence electrons. The maximum Gasteiger partial charge on any atom is 0.335 e. The third-order valence-corrected chi connectivity index (χ3v) is 6.95. The van der Waals surface area contributed by atoms with Gasteiger partial charge >= 0.3 is 5.97 Å². The van der Waals surface area contributed by atoms with Crippen molar-refractivity contribution in [1.29, 1.82) is 0 Å². The van der Waals surface area contributed by atoms with E-state index >= 15 is 4.39 Å². The van der Waals surface area contributed by atoms with Gasteiger partial charge in [0.15, 0.2) is 0 Å². The number of benzene rings is 5. The van der Waals surface area contributed by atoms with Gasteiger partial charge in [0.1, 0.15) is 22.7 Å². The average Bonchev–Trinajstić information content (AvgIpc) is 3.40. The third-order valence-electron chi connectivity index (χ3n) is 6.95. The summed E-state index contributed by atoms with van der Waals surface area (Å²) in [6, 6.07) is 26.2. The zero-order valence-corrected chi connectivity index (χ0v) is 21.5. The molecule has 1 amide bonds. The van der Waals surface area contributed by atoms with Crippen molar-refractivity contribution in [2.45, 2.75) is 13.1 Å². The van der Waals surface area contributed by atoms with Crippen molar-refractivity contribution in [3.05, 3.63) is 131 Å². The Hall–Kier alpha value is -5.44. The Labute approximate surface area is 232 Å². The molecule has 0 spiro atoms. The Kier molecular flexibility index (Phi) is 6.68. The summed E-state index contributed by atoms with van der Waals surface area (Å²) in [7, 11) is 0. The van der Waals surface area contributed by atoms with Crippen LogP contribution in [0.25, 0.3) is 32.9 Å². The minimum absolute atomic E-state index is 0.0417. The maximum absolute atomic E-state index is 15.4. The molecule has 5 aromatic carbocycles. The molecule has 6 rings (SSSR count). The van der Waals surface area contributed by atoms with Crippen LogP contribution in [-0.4, -0.2) is 32.0 Å². The average molecular weight is 549 g/mol. The summed E-state index contributed by atoms with van der Waals surface area (Å²) in [4.78, 5) is 24.7. The first-order chi connectivity index (χ1) is 19.9. The molecule has 0 bridgehead atoms. The van der Waals surface area contributed by atoms with Gasteiger partial charge in [0, 0.05) is 17.5 Å². The third kappa shape index (κ3) is 5.12. The molecular weight excluding hydrogens is 526 g/mol. The molecule has 0 saturated carbocycles. The summed E-state index contributed by atoms with van der Waals surface area (Å²) < 4.78 is 30.5. The summed E-state index contributed by atoms with van der Waals surface area (Å²) >= 11 is 0. The smallest absolute Gasteiger partial charge is 0.335 e. The van der Waals surface area contributed by atoms with Crippen molar-refractivity contribution in [3.63, 3.8) is 0 Å². The van der Waals surface area contributed by atoms with Crippen LogP contribution < -0.4 is 5.32 Å². The van der Waals surface area contributed by atoms with E-state index in [2.05, 4.69) is 15.6 Å². The number of fused-ring (bicyclic) bond motifs is 2. The summed E-state index contributed by atoms with van der Waals surface area (Å²) in [5.41, 5.74) is 3.66. The van der Waals surface area contributed by atoms with E-state index in [0.717, 1.165) is 5.39 Å². The van der Waals surface area contributed by atoms with Gasteiger partial charge < -0.3 is 10.4 Å². The molecule has 0 unspecified atom stereocenters. The van der Waals surface area contributed by atoms with E-state index in [1.54, 1.807) is 54.6 Å². The van der Waals surface area contributed by atoms with Crippen molar-refractivity contribution in [1.82, 2.24) is 20.3 Å². The van der Waals surface area contributed by atoms with Gasteiger partial charge in [0.2, 0.25) is 0 Å². The Morgan fingerprint density at radius 3 is 2.37 bits per heavy atom. The first kappa shape index (κ1) is 25.8. The second kappa shape index (κ2) is 10.6. The quantitative estimate of drug-likeness (QED) is 0.247. The van der Waals surface area contributed by atoms with Crippen LogP contribution >= 0.6 is 0 Å². The molecule has 9 heteroatoms. The van der Waals surface area contributed by atoms with Crippen LogP contribution in [0.4, 0.5) is 8.78 Å². The molecule has 0 aliphatic heterocycles. The zero-order chi connectivity index (χ0) is 28.5. The summed E-state index contributed by atoms with van der Waals surface area (Å²) in [6.07, 6.45) is 0. The number of carboxylic acids is 1. The van der Waals surface area contributed by atoms with Gasteiger partial charge in [-0.3, -0.25) is 4.79 Å². The van der Waals surface area contributed by atoms with Gasteiger partial charge in [-0.15, -0.1) is 5.10 Å². The van der Waals surface area contributed by atoms with Crippen LogP contribution in [0.2, 0.25) is 0 Å². The number of amides is 1. The molecule has 0 aliphatic carbocycles. The number of carboxylic acid groups (broad SMARTS) is 1. The molecule has 0 aliphatic rings. The van der Waals surface area contributed by atoms with E-state index in [4.69, 9.17) is 5.11 Å². The molecule has 1 heterocycles. The SMILES string of the molecule is O=C(O)c1ccc(CNC(=O)c2cc(-c3ccc(F)cc3)cc3nnn(Cc4ccc5ccccc5c4F)c23)cc1. The lowest BCUT2D eigenvalue weighted by molar-refractivity contribution is 0.0696. The minimum Gasteiger partial charge on any atom is -0.478 e. The highest BCUT2D eigenvalue weighted by atomic mass is 19.1. The zero-order valence-electron chi connectivity index (χ0n) is 21.5. The lowest BCUT2D eigenvalue weighted by atomic mass is 10.0. The number of aromatic carboxylic acids is 1. The van der Waals surface area contributed by atoms with Crippen LogP contribution in [0.1, 0.15) is 31.8 Å². The van der Waals surface area contributed by atoms with E-state index in [-0.39, 0.29) is 35.9 Å².